The number of ether oxygens (including phenoxy) is 1. The standard InChI is InChI=1S/C19H20O2/c20-18(11-6-13-4-2-1-3-5-13)21-17-10-9-16-14-7-8-15(12-14)19(16)17/h1-5,7-10,14-17,19H,6,11-12H2. The largest absolute Gasteiger partial charge is 0.458 e. The molecule has 0 radical (unpaired) electrons. The van der Waals surface area contributed by atoms with Crippen molar-refractivity contribution in [2.45, 2.75) is 25.4 Å². The highest BCUT2D eigenvalue weighted by atomic mass is 16.5. The van der Waals surface area contributed by atoms with Crippen LogP contribution in [0.1, 0.15) is 18.4 Å². The van der Waals surface area contributed by atoms with Crippen molar-refractivity contribution < 1.29 is 9.53 Å². The number of fused-ring (bicyclic) bond motifs is 5. The summed E-state index contributed by atoms with van der Waals surface area (Å²) in [5, 5.41) is 0. The second-order valence-electron chi connectivity index (χ2n) is 6.43. The lowest BCUT2D eigenvalue weighted by atomic mass is 9.84. The molecule has 0 saturated heterocycles. The molecule has 0 amide bonds. The Labute approximate surface area is 125 Å². The molecule has 0 aromatic heterocycles. The average Bonchev–Trinajstić information content (AvgIpc) is 3.20. The predicted octanol–water partition coefficient (Wildman–Crippen LogP) is 3.54. The molecule has 0 spiro atoms. The summed E-state index contributed by atoms with van der Waals surface area (Å²) in [5.41, 5.74) is 1.19. The van der Waals surface area contributed by atoms with Crippen LogP contribution in [0.2, 0.25) is 0 Å². The van der Waals surface area contributed by atoms with Crippen LogP contribution in [-0.4, -0.2) is 12.1 Å². The maximum absolute atomic E-state index is 12.1. The summed E-state index contributed by atoms with van der Waals surface area (Å²) >= 11 is 0. The van der Waals surface area contributed by atoms with Gasteiger partial charge in [0.25, 0.3) is 0 Å². The third-order valence-electron chi connectivity index (χ3n) is 5.21. The molecule has 2 heteroatoms. The van der Waals surface area contributed by atoms with Crippen LogP contribution < -0.4 is 0 Å². The molecule has 2 bridgehead atoms. The van der Waals surface area contributed by atoms with Gasteiger partial charge in [0.05, 0.1) is 0 Å². The van der Waals surface area contributed by atoms with Crippen molar-refractivity contribution >= 4 is 5.97 Å². The minimum atomic E-state index is -0.0686. The van der Waals surface area contributed by atoms with Gasteiger partial charge in [0, 0.05) is 12.3 Å². The molecule has 0 aliphatic heterocycles. The van der Waals surface area contributed by atoms with E-state index in [1.807, 2.05) is 18.2 Å². The Morgan fingerprint density at radius 3 is 2.71 bits per heavy atom. The maximum atomic E-state index is 12.1. The first-order chi connectivity index (χ1) is 10.3. The van der Waals surface area contributed by atoms with Gasteiger partial charge in [0.15, 0.2) is 0 Å². The van der Waals surface area contributed by atoms with Crippen LogP contribution in [0.25, 0.3) is 0 Å². The molecule has 2 nitrogen and oxygen atoms in total. The van der Waals surface area contributed by atoms with Crippen LogP contribution in [0.5, 0.6) is 0 Å². The second-order valence-corrected chi connectivity index (χ2v) is 6.43. The van der Waals surface area contributed by atoms with E-state index in [1.54, 1.807) is 0 Å². The summed E-state index contributed by atoms with van der Waals surface area (Å²) in [6, 6.07) is 10.1. The van der Waals surface area contributed by atoms with Crippen LogP contribution in [0.3, 0.4) is 0 Å². The Kier molecular flexibility index (Phi) is 3.17. The predicted molar refractivity (Wildman–Crippen MR) is 81.5 cm³/mol. The highest BCUT2D eigenvalue weighted by Gasteiger charge is 2.50. The topological polar surface area (TPSA) is 26.3 Å². The van der Waals surface area contributed by atoms with E-state index in [2.05, 4.69) is 36.4 Å². The van der Waals surface area contributed by atoms with Gasteiger partial charge in [0.2, 0.25) is 0 Å². The minimum Gasteiger partial charge on any atom is -0.458 e. The van der Waals surface area contributed by atoms with Gasteiger partial charge in [-0.25, -0.2) is 0 Å². The van der Waals surface area contributed by atoms with Gasteiger partial charge >= 0.3 is 5.97 Å². The lowest BCUT2D eigenvalue weighted by Crippen LogP contribution is -2.28. The average molecular weight is 280 g/mol. The molecular formula is C19H20O2. The minimum absolute atomic E-state index is 0.00165. The lowest BCUT2D eigenvalue weighted by molar-refractivity contribution is -0.149. The highest BCUT2D eigenvalue weighted by Crippen LogP contribution is 2.53. The second kappa shape index (κ2) is 5.18. The van der Waals surface area contributed by atoms with Gasteiger partial charge < -0.3 is 4.74 Å². The van der Waals surface area contributed by atoms with Crippen LogP contribution >= 0.6 is 0 Å². The Hall–Kier alpha value is -1.83. The van der Waals surface area contributed by atoms with Crippen LogP contribution in [0.15, 0.2) is 54.6 Å². The van der Waals surface area contributed by atoms with Crippen molar-refractivity contribution in [3.8, 4) is 0 Å². The zero-order valence-electron chi connectivity index (χ0n) is 12.0. The van der Waals surface area contributed by atoms with Crippen LogP contribution in [-0.2, 0) is 16.0 Å². The molecule has 21 heavy (non-hydrogen) atoms. The van der Waals surface area contributed by atoms with Gasteiger partial charge in [0.1, 0.15) is 6.10 Å². The molecule has 1 saturated carbocycles. The molecule has 3 aliphatic carbocycles. The van der Waals surface area contributed by atoms with Gasteiger partial charge in [-0.15, -0.1) is 0 Å². The molecule has 5 unspecified atom stereocenters. The summed E-state index contributed by atoms with van der Waals surface area (Å²) in [6.07, 6.45) is 11.5. The van der Waals surface area contributed by atoms with Crippen LogP contribution in [0.4, 0.5) is 0 Å². The molecule has 4 rings (SSSR count). The normalized spacial score (nSPS) is 35.1. The van der Waals surface area contributed by atoms with E-state index in [-0.39, 0.29) is 12.1 Å². The number of carbonyl (C=O) groups is 1. The Balaban J connectivity index is 1.33. The van der Waals surface area contributed by atoms with E-state index in [1.165, 1.54) is 12.0 Å². The molecule has 5 atom stereocenters. The maximum Gasteiger partial charge on any atom is 0.306 e. The third kappa shape index (κ3) is 2.33. The Morgan fingerprint density at radius 2 is 1.86 bits per heavy atom. The van der Waals surface area contributed by atoms with Crippen molar-refractivity contribution in [2.24, 2.45) is 23.7 Å². The summed E-state index contributed by atoms with van der Waals surface area (Å²) in [5.74, 6) is 2.33. The zero-order valence-corrected chi connectivity index (χ0v) is 12.0. The monoisotopic (exact) mass is 280 g/mol. The first kappa shape index (κ1) is 12.9. The van der Waals surface area contributed by atoms with Gasteiger partial charge in [-0.1, -0.05) is 48.6 Å². The Bertz CT molecular complexity index is 587. The van der Waals surface area contributed by atoms with Crippen molar-refractivity contribution in [2.75, 3.05) is 0 Å². The molecule has 1 fully saturated rings. The molecule has 0 heterocycles. The fourth-order valence-corrected chi connectivity index (χ4v) is 4.22. The van der Waals surface area contributed by atoms with E-state index in [0.717, 1.165) is 6.42 Å². The zero-order chi connectivity index (χ0) is 14.2. The number of hydrogen-bond donors (Lipinski definition) is 0. The molecule has 3 aliphatic rings. The summed E-state index contributed by atoms with van der Waals surface area (Å²) in [7, 11) is 0. The SMILES string of the molecule is O=C(CCc1ccccc1)OC1C=CC2C3C=CC(C3)C12. The highest BCUT2D eigenvalue weighted by molar-refractivity contribution is 5.70. The van der Waals surface area contributed by atoms with Crippen molar-refractivity contribution in [3.05, 3.63) is 60.2 Å². The van der Waals surface area contributed by atoms with Crippen molar-refractivity contribution in [1.29, 1.82) is 0 Å². The number of hydrogen-bond acceptors (Lipinski definition) is 2. The summed E-state index contributed by atoms with van der Waals surface area (Å²) < 4.78 is 5.74. The number of carbonyl (C=O) groups excluding carboxylic acids is 1. The van der Waals surface area contributed by atoms with Gasteiger partial charge in [-0.3, -0.25) is 4.79 Å². The molecular weight excluding hydrogens is 260 g/mol. The van der Waals surface area contributed by atoms with Gasteiger partial charge in [-0.2, -0.15) is 0 Å². The number of esters is 1. The van der Waals surface area contributed by atoms with E-state index in [0.29, 0.717) is 30.1 Å². The molecule has 1 aromatic carbocycles. The lowest BCUT2D eigenvalue weighted by Gasteiger charge is -2.26. The molecule has 0 N–H and O–H groups in total. The molecule has 1 aromatic rings. The first-order valence-electron chi connectivity index (χ1n) is 7.91. The van der Waals surface area contributed by atoms with E-state index < -0.39 is 0 Å². The number of allylic oxidation sites excluding steroid dienone is 3. The summed E-state index contributed by atoms with van der Waals surface area (Å²) in [4.78, 5) is 12.1. The number of benzene rings is 1. The van der Waals surface area contributed by atoms with Crippen molar-refractivity contribution in [1.82, 2.24) is 0 Å². The van der Waals surface area contributed by atoms with E-state index in [4.69, 9.17) is 4.74 Å². The Morgan fingerprint density at radius 1 is 1.05 bits per heavy atom. The third-order valence-corrected chi connectivity index (χ3v) is 5.21. The van der Waals surface area contributed by atoms with E-state index >= 15 is 0 Å². The van der Waals surface area contributed by atoms with E-state index in [9.17, 15) is 4.79 Å². The number of aryl methyl sites for hydroxylation is 1. The number of rotatable bonds is 4. The van der Waals surface area contributed by atoms with Crippen molar-refractivity contribution in [3.63, 3.8) is 0 Å². The first-order valence-corrected chi connectivity index (χ1v) is 7.91. The quantitative estimate of drug-likeness (QED) is 0.623. The fourth-order valence-electron chi connectivity index (χ4n) is 4.22. The smallest absolute Gasteiger partial charge is 0.306 e. The fraction of sp³-hybridized carbons (Fsp3) is 0.421. The van der Waals surface area contributed by atoms with Crippen LogP contribution in [0, 0.1) is 23.7 Å². The van der Waals surface area contributed by atoms with Gasteiger partial charge in [-0.05, 0) is 42.2 Å². The molecule has 108 valence electrons. The summed E-state index contributed by atoms with van der Waals surface area (Å²) in [6.45, 7) is 0.